The topological polar surface area (TPSA) is 19.0 Å². The molecular weight excluding hydrogens is 314 g/mol. The third kappa shape index (κ3) is 5.69. The molecule has 142 valence electrons. The molecule has 1 aliphatic rings. The molecular formula is C19H41N3OSi. The van der Waals surface area contributed by atoms with Crippen molar-refractivity contribution in [3.05, 3.63) is 11.1 Å². The molecule has 1 atom stereocenters. The third-order valence-electron chi connectivity index (χ3n) is 5.22. The third-order valence-corrected chi connectivity index (χ3v) is 7.47. The van der Waals surface area contributed by atoms with E-state index in [2.05, 4.69) is 56.2 Å². The van der Waals surface area contributed by atoms with Gasteiger partial charge in [0.15, 0.2) is 0 Å². The minimum absolute atomic E-state index is 0.460. The van der Waals surface area contributed by atoms with Gasteiger partial charge in [0.1, 0.15) is 15.3 Å². The minimum Gasteiger partial charge on any atom is -0.382 e. The summed E-state index contributed by atoms with van der Waals surface area (Å²) in [6, 6.07) is 0. The van der Waals surface area contributed by atoms with Crippen LogP contribution in [-0.2, 0) is 4.74 Å². The van der Waals surface area contributed by atoms with Crippen LogP contribution >= 0.6 is 0 Å². The SMILES string of the molecule is CCN(CC)C([SiH2]C1CCCCO1)=C(N(CC)CC)N(CC)CC. The Kier molecular flexibility index (Phi) is 10.5. The van der Waals surface area contributed by atoms with Gasteiger partial charge in [-0.1, -0.05) is 0 Å². The van der Waals surface area contributed by atoms with Crippen LogP contribution in [0.25, 0.3) is 0 Å². The van der Waals surface area contributed by atoms with E-state index in [1.165, 1.54) is 25.1 Å². The molecule has 0 N–H and O–H groups in total. The van der Waals surface area contributed by atoms with Crippen LogP contribution in [0.15, 0.2) is 11.1 Å². The van der Waals surface area contributed by atoms with Crippen LogP contribution in [0.5, 0.6) is 0 Å². The van der Waals surface area contributed by atoms with Crippen LogP contribution in [-0.4, -0.2) is 75.8 Å². The average Bonchev–Trinajstić information content (AvgIpc) is 2.63. The van der Waals surface area contributed by atoms with Gasteiger partial charge in [0.05, 0.1) is 0 Å². The Bertz CT molecular complexity index is 344. The highest BCUT2D eigenvalue weighted by atomic mass is 28.2. The molecule has 5 heteroatoms. The predicted octanol–water partition coefficient (Wildman–Crippen LogP) is 2.83. The maximum absolute atomic E-state index is 6.16. The summed E-state index contributed by atoms with van der Waals surface area (Å²) < 4.78 is 6.16. The van der Waals surface area contributed by atoms with Gasteiger partial charge in [0.2, 0.25) is 0 Å². The highest BCUT2D eigenvalue weighted by molar-refractivity contribution is 6.46. The summed E-state index contributed by atoms with van der Waals surface area (Å²) in [7, 11) is -0.460. The molecule has 1 unspecified atom stereocenters. The highest BCUT2D eigenvalue weighted by Gasteiger charge is 2.25. The monoisotopic (exact) mass is 355 g/mol. The Morgan fingerprint density at radius 3 is 1.67 bits per heavy atom. The number of hydrogen-bond donors (Lipinski definition) is 0. The van der Waals surface area contributed by atoms with Crippen molar-refractivity contribution in [3.8, 4) is 0 Å². The van der Waals surface area contributed by atoms with Crippen molar-refractivity contribution in [2.24, 2.45) is 0 Å². The van der Waals surface area contributed by atoms with Crippen LogP contribution < -0.4 is 0 Å². The van der Waals surface area contributed by atoms with Gasteiger partial charge in [-0.3, -0.25) is 0 Å². The number of hydrogen-bond acceptors (Lipinski definition) is 4. The first-order chi connectivity index (χ1) is 11.7. The summed E-state index contributed by atoms with van der Waals surface area (Å²) in [6.07, 6.45) is 3.85. The molecule has 0 amide bonds. The van der Waals surface area contributed by atoms with Gasteiger partial charge in [-0.05, 0) is 60.8 Å². The lowest BCUT2D eigenvalue weighted by atomic mass is 10.2. The van der Waals surface area contributed by atoms with E-state index >= 15 is 0 Å². The lowest BCUT2D eigenvalue weighted by Gasteiger charge is -2.40. The molecule has 1 fully saturated rings. The summed E-state index contributed by atoms with van der Waals surface area (Å²) in [5.41, 5.74) is 0.524. The Hall–Kier alpha value is -0.683. The van der Waals surface area contributed by atoms with E-state index in [1.807, 2.05) is 0 Å². The molecule has 0 saturated carbocycles. The normalized spacial score (nSPS) is 18.0. The standard InChI is InChI=1S/C19H41N3OSi/c1-7-20(8-2)18(21(9-3)10-4)19(22(11-5)12-6)24-17-15-13-14-16-23-17/h17H,7-16,24H2,1-6H3. The molecule has 24 heavy (non-hydrogen) atoms. The molecule has 1 saturated heterocycles. The molecule has 0 aromatic rings. The van der Waals surface area contributed by atoms with Crippen molar-refractivity contribution in [1.29, 1.82) is 0 Å². The Morgan fingerprint density at radius 1 is 0.792 bits per heavy atom. The molecule has 0 radical (unpaired) electrons. The van der Waals surface area contributed by atoms with Crippen LogP contribution in [0.4, 0.5) is 0 Å². The van der Waals surface area contributed by atoms with Crippen molar-refractivity contribution in [2.75, 3.05) is 45.9 Å². The Balaban J connectivity index is 3.27. The van der Waals surface area contributed by atoms with Crippen LogP contribution in [0, 0.1) is 0 Å². The summed E-state index contributed by atoms with van der Waals surface area (Å²) in [5.74, 6) is 1.49. The summed E-state index contributed by atoms with van der Waals surface area (Å²) in [6.45, 7) is 21.2. The van der Waals surface area contributed by atoms with E-state index in [9.17, 15) is 0 Å². The molecule has 0 aliphatic carbocycles. The molecule has 1 heterocycles. The summed E-state index contributed by atoms with van der Waals surface area (Å²) in [4.78, 5) is 7.74. The van der Waals surface area contributed by atoms with Gasteiger partial charge < -0.3 is 19.4 Å². The fourth-order valence-corrected chi connectivity index (χ4v) is 6.31. The fourth-order valence-electron chi connectivity index (χ4n) is 3.76. The lowest BCUT2D eigenvalue weighted by Crippen LogP contribution is -2.43. The summed E-state index contributed by atoms with van der Waals surface area (Å²) >= 11 is 0. The molecule has 0 bridgehead atoms. The second-order valence-electron chi connectivity index (χ2n) is 6.48. The van der Waals surface area contributed by atoms with E-state index in [0.717, 1.165) is 45.9 Å². The maximum Gasteiger partial charge on any atom is 0.118 e. The second kappa shape index (κ2) is 11.8. The smallest absolute Gasteiger partial charge is 0.118 e. The van der Waals surface area contributed by atoms with Crippen molar-refractivity contribution in [3.63, 3.8) is 0 Å². The van der Waals surface area contributed by atoms with Crippen molar-refractivity contribution >= 4 is 9.52 Å². The Morgan fingerprint density at radius 2 is 1.29 bits per heavy atom. The maximum atomic E-state index is 6.16. The molecule has 0 aromatic heterocycles. The van der Waals surface area contributed by atoms with Gasteiger partial charge in [-0.15, -0.1) is 0 Å². The largest absolute Gasteiger partial charge is 0.382 e. The second-order valence-corrected chi connectivity index (χ2v) is 8.47. The van der Waals surface area contributed by atoms with Gasteiger partial charge >= 0.3 is 0 Å². The van der Waals surface area contributed by atoms with Gasteiger partial charge in [0, 0.05) is 56.9 Å². The minimum atomic E-state index is -0.460. The predicted molar refractivity (Wildman–Crippen MR) is 108 cm³/mol. The van der Waals surface area contributed by atoms with Crippen LogP contribution in [0.2, 0.25) is 0 Å². The zero-order chi connectivity index (χ0) is 17.9. The van der Waals surface area contributed by atoms with Crippen LogP contribution in [0.3, 0.4) is 0 Å². The van der Waals surface area contributed by atoms with E-state index in [0.29, 0.717) is 5.73 Å². The van der Waals surface area contributed by atoms with Crippen molar-refractivity contribution in [1.82, 2.24) is 14.7 Å². The zero-order valence-corrected chi connectivity index (χ0v) is 18.5. The van der Waals surface area contributed by atoms with E-state index in [1.54, 1.807) is 5.32 Å². The van der Waals surface area contributed by atoms with E-state index in [-0.39, 0.29) is 0 Å². The number of nitrogens with zero attached hydrogens (tertiary/aromatic N) is 3. The first kappa shape index (κ1) is 21.4. The lowest BCUT2D eigenvalue weighted by molar-refractivity contribution is 0.0647. The van der Waals surface area contributed by atoms with Gasteiger partial charge in [-0.2, -0.15) is 0 Å². The van der Waals surface area contributed by atoms with E-state index < -0.39 is 9.52 Å². The highest BCUT2D eigenvalue weighted by Crippen LogP contribution is 2.22. The average molecular weight is 356 g/mol. The van der Waals surface area contributed by atoms with Gasteiger partial charge in [-0.25, -0.2) is 0 Å². The molecule has 0 spiro atoms. The first-order valence-electron chi connectivity index (χ1n) is 10.3. The van der Waals surface area contributed by atoms with E-state index in [4.69, 9.17) is 4.74 Å². The fraction of sp³-hybridized carbons (Fsp3) is 0.895. The van der Waals surface area contributed by atoms with Crippen molar-refractivity contribution < 1.29 is 4.74 Å². The Labute approximate surface area is 153 Å². The quantitative estimate of drug-likeness (QED) is 0.531. The molecule has 1 rings (SSSR count). The van der Waals surface area contributed by atoms with Crippen LogP contribution in [0.1, 0.15) is 60.8 Å². The number of rotatable bonds is 11. The molecule has 0 aromatic carbocycles. The van der Waals surface area contributed by atoms with Crippen molar-refractivity contribution in [2.45, 2.75) is 66.5 Å². The molecule has 1 aliphatic heterocycles. The first-order valence-corrected chi connectivity index (χ1v) is 11.8. The number of ether oxygens (including phenoxy) is 1. The molecule has 4 nitrogen and oxygen atoms in total. The van der Waals surface area contributed by atoms with Gasteiger partial charge in [0.25, 0.3) is 0 Å². The zero-order valence-electron chi connectivity index (χ0n) is 17.1. The summed E-state index contributed by atoms with van der Waals surface area (Å²) in [5, 5.41) is 1.62.